The summed E-state index contributed by atoms with van der Waals surface area (Å²) >= 11 is 0. The molecule has 1 aliphatic rings. The summed E-state index contributed by atoms with van der Waals surface area (Å²) in [7, 11) is 1.49. The average Bonchev–Trinajstić information content (AvgIpc) is 3.12. The lowest BCUT2D eigenvalue weighted by molar-refractivity contribution is -0.117. The molecule has 0 bridgehead atoms. The Morgan fingerprint density at radius 3 is 2.57 bits per heavy atom. The van der Waals surface area contributed by atoms with Gasteiger partial charge in [-0.2, -0.15) is 0 Å². The highest BCUT2D eigenvalue weighted by Gasteiger charge is 2.31. The maximum Gasteiger partial charge on any atom is 0.243 e. The maximum atomic E-state index is 13.6. The lowest BCUT2D eigenvalue weighted by Gasteiger charge is -2.19. The number of halogens is 3. The Morgan fingerprint density at radius 2 is 1.87 bits per heavy atom. The summed E-state index contributed by atoms with van der Waals surface area (Å²) in [5.74, 6) is -4.94. The van der Waals surface area contributed by atoms with E-state index in [2.05, 4.69) is 20.9 Å². The molecule has 1 unspecified atom stereocenters. The molecule has 1 saturated heterocycles. The molecule has 0 aromatic heterocycles. The molecular formula is C20H20F3N5O2. The minimum absolute atomic E-state index is 0.0410. The summed E-state index contributed by atoms with van der Waals surface area (Å²) in [5, 5.41) is 7.95. The molecule has 2 aromatic carbocycles. The largest absolute Gasteiger partial charge is 0.351 e. The molecule has 3 N–H and O–H groups in total. The first-order chi connectivity index (χ1) is 14.4. The van der Waals surface area contributed by atoms with Crippen molar-refractivity contribution in [3.05, 3.63) is 59.9 Å². The van der Waals surface area contributed by atoms with Gasteiger partial charge in [0.05, 0.1) is 18.3 Å². The highest BCUT2D eigenvalue weighted by molar-refractivity contribution is 5.98. The smallest absolute Gasteiger partial charge is 0.243 e. The van der Waals surface area contributed by atoms with Crippen LogP contribution in [-0.2, 0) is 9.59 Å². The lowest BCUT2D eigenvalue weighted by atomic mass is 10.2. The number of carbonyl (C=O) groups excluding carboxylic acids is 2. The Bertz CT molecular complexity index is 968. The topological polar surface area (TPSA) is 85.8 Å². The van der Waals surface area contributed by atoms with Crippen LogP contribution < -0.4 is 20.9 Å². The molecule has 3 rings (SSSR count). The normalized spacial score (nSPS) is 16.5. The van der Waals surface area contributed by atoms with Gasteiger partial charge in [0.25, 0.3) is 0 Å². The molecule has 1 heterocycles. The van der Waals surface area contributed by atoms with Crippen molar-refractivity contribution in [2.24, 2.45) is 4.99 Å². The van der Waals surface area contributed by atoms with Crippen LogP contribution in [0.1, 0.15) is 6.42 Å². The molecule has 1 atom stereocenters. The van der Waals surface area contributed by atoms with E-state index in [1.54, 1.807) is 4.90 Å². The molecule has 0 radical (unpaired) electrons. The van der Waals surface area contributed by atoms with Crippen LogP contribution >= 0.6 is 0 Å². The summed E-state index contributed by atoms with van der Waals surface area (Å²) in [5.41, 5.74) is 0.325. The molecular weight excluding hydrogens is 399 g/mol. The molecule has 0 spiro atoms. The highest BCUT2D eigenvalue weighted by atomic mass is 19.2. The summed E-state index contributed by atoms with van der Waals surface area (Å²) < 4.78 is 39.9. The fraction of sp³-hybridized carbons (Fsp3) is 0.250. The van der Waals surface area contributed by atoms with Crippen molar-refractivity contribution in [2.75, 3.05) is 30.4 Å². The van der Waals surface area contributed by atoms with E-state index in [0.29, 0.717) is 6.54 Å². The van der Waals surface area contributed by atoms with Crippen molar-refractivity contribution in [1.29, 1.82) is 0 Å². The third-order valence-corrected chi connectivity index (χ3v) is 4.48. The number of amides is 2. The van der Waals surface area contributed by atoms with Gasteiger partial charge in [0, 0.05) is 25.7 Å². The zero-order valence-corrected chi connectivity index (χ0v) is 16.1. The van der Waals surface area contributed by atoms with Crippen molar-refractivity contribution < 1.29 is 22.8 Å². The zero-order chi connectivity index (χ0) is 21.7. The summed E-state index contributed by atoms with van der Waals surface area (Å²) in [6, 6.07) is 10.7. The van der Waals surface area contributed by atoms with Crippen LogP contribution in [0.4, 0.5) is 24.5 Å². The minimum atomic E-state index is -1.66. The van der Waals surface area contributed by atoms with E-state index in [9.17, 15) is 22.8 Å². The van der Waals surface area contributed by atoms with Gasteiger partial charge in [-0.25, -0.2) is 13.2 Å². The number of aliphatic imine (C=N–C) groups is 1. The van der Waals surface area contributed by atoms with Crippen LogP contribution in [-0.4, -0.2) is 44.0 Å². The van der Waals surface area contributed by atoms with E-state index in [1.165, 1.54) is 7.05 Å². The molecule has 7 nitrogen and oxygen atoms in total. The van der Waals surface area contributed by atoms with E-state index in [-0.39, 0.29) is 30.9 Å². The van der Waals surface area contributed by atoms with Gasteiger partial charge in [0.2, 0.25) is 11.8 Å². The Balaban J connectivity index is 1.52. The minimum Gasteiger partial charge on any atom is -0.351 e. The van der Waals surface area contributed by atoms with Crippen molar-refractivity contribution in [1.82, 2.24) is 10.6 Å². The molecule has 1 aliphatic heterocycles. The summed E-state index contributed by atoms with van der Waals surface area (Å²) in [6.07, 6.45) is 0.252. The van der Waals surface area contributed by atoms with Gasteiger partial charge < -0.3 is 20.9 Å². The van der Waals surface area contributed by atoms with E-state index in [1.807, 2.05) is 30.3 Å². The van der Waals surface area contributed by atoms with E-state index in [0.717, 1.165) is 17.8 Å². The molecule has 2 aromatic rings. The van der Waals surface area contributed by atoms with Gasteiger partial charge in [-0.05, 0) is 24.3 Å². The number of carbonyl (C=O) groups is 2. The fourth-order valence-electron chi connectivity index (χ4n) is 3.03. The summed E-state index contributed by atoms with van der Waals surface area (Å²) in [6.45, 7) is 0.122. The van der Waals surface area contributed by atoms with Gasteiger partial charge in [0.1, 0.15) is 0 Å². The van der Waals surface area contributed by atoms with Gasteiger partial charge in [-0.3, -0.25) is 14.6 Å². The molecule has 10 heteroatoms. The second-order valence-corrected chi connectivity index (χ2v) is 6.58. The van der Waals surface area contributed by atoms with Gasteiger partial charge in [-0.1, -0.05) is 18.2 Å². The Hall–Kier alpha value is -3.56. The van der Waals surface area contributed by atoms with Crippen molar-refractivity contribution >= 4 is 29.1 Å². The van der Waals surface area contributed by atoms with Crippen LogP contribution in [0, 0.1) is 17.5 Å². The standard InChI is InChI=1S/C20H20F3N5O2/c1-24-20(25-10-16(29)27-15-8-7-14(21)18(22)19(15)23)26-12-9-17(30)28(11-12)13-5-3-2-4-6-13/h2-8,12H,9-11H2,1H3,(H,27,29)(H2,24,25,26). The molecule has 158 valence electrons. The number of benzene rings is 2. The van der Waals surface area contributed by atoms with Crippen LogP contribution in [0.25, 0.3) is 0 Å². The van der Waals surface area contributed by atoms with Gasteiger partial charge in [0.15, 0.2) is 23.4 Å². The first-order valence-electron chi connectivity index (χ1n) is 9.15. The number of nitrogens with one attached hydrogen (secondary N) is 3. The quantitative estimate of drug-likeness (QED) is 0.393. The van der Waals surface area contributed by atoms with E-state index >= 15 is 0 Å². The summed E-state index contributed by atoms with van der Waals surface area (Å²) in [4.78, 5) is 29.9. The number of guanidine groups is 1. The lowest BCUT2D eigenvalue weighted by Crippen LogP contribution is -2.46. The number of para-hydroxylation sites is 1. The number of hydrogen-bond donors (Lipinski definition) is 3. The van der Waals surface area contributed by atoms with Crippen LogP contribution in [0.3, 0.4) is 0 Å². The number of hydrogen-bond acceptors (Lipinski definition) is 3. The Morgan fingerprint density at radius 1 is 1.13 bits per heavy atom. The maximum absolute atomic E-state index is 13.6. The van der Waals surface area contributed by atoms with E-state index < -0.39 is 29.0 Å². The predicted octanol–water partition coefficient (Wildman–Crippen LogP) is 2.01. The average molecular weight is 419 g/mol. The predicted molar refractivity (Wildman–Crippen MR) is 107 cm³/mol. The van der Waals surface area contributed by atoms with Crippen molar-refractivity contribution in [3.63, 3.8) is 0 Å². The SMILES string of the molecule is CN=C(NCC(=O)Nc1ccc(F)c(F)c1F)NC1CC(=O)N(c2ccccc2)C1. The molecule has 30 heavy (non-hydrogen) atoms. The van der Waals surface area contributed by atoms with E-state index in [4.69, 9.17) is 0 Å². The Labute approximate surface area is 171 Å². The number of rotatable bonds is 5. The van der Waals surface area contributed by atoms with Crippen molar-refractivity contribution in [2.45, 2.75) is 12.5 Å². The second-order valence-electron chi connectivity index (χ2n) is 6.58. The molecule has 2 amide bonds. The van der Waals surface area contributed by atoms with Crippen LogP contribution in [0.15, 0.2) is 47.5 Å². The zero-order valence-electron chi connectivity index (χ0n) is 16.1. The monoisotopic (exact) mass is 419 g/mol. The second kappa shape index (κ2) is 9.29. The van der Waals surface area contributed by atoms with Gasteiger partial charge >= 0.3 is 0 Å². The van der Waals surface area contributed by atoms with Gasteiger partial charge in [-0.15, -0.1) is 0 Å². The number of nitrogens with zero attached hydrogens (tertiary/aromatic N) is 2. The van der Waals surface area contributed by atoms with Crippen molar-refractivity contribution in [3.8, 4) is 0 Å². The Kier molecular flexibility index (Phi) is 6.55. The third kappa shape index (κ3) is 4.88. The van der Waals surface area contributed by atoms with Crippen LogP contribution in [0.2, 0.25) is 0 Å². The first-order valence-corrected chi connectivity index (χ1v) is 9.15. The fourth-order valence-corrected chi connectivity index (χ4v) is 3.03. The third-order valence-electron chi connectivity index (χ3n) is 4.48. The van der Waals surface area contributed by atoms with Crippen LogP contribution in [0.5, 0.6) is 0 Å². The molecule has 0 saturated carbocycles. The first kappa shape index (κ1) is 21.2. The highest BCUT2D eigenvalue weighted by Crippen LogP contribution is 2.21. The number of anilines is 2. The molecule has 0 aliphatic carbocycles. The molecule has 1 fully saturated rings.